The van der Waals surface area contributed by atoms with Crippen LogP contribution in [-0.2, 0) is 11.2 Å². The van der Waals surface area contributed by atoms with E-state index in [0.717, 1.165) is 12.1 Å². The highest BCUT2D eigenvalue weighted by Gasteiger charge is 1.97. The summed E-state index contributed by atoms with van der Waals surface area (Å²) in [4.78, 5) is 10.8. The van der Waals surface area contributed by atoms with Crippen molar-refractivity contribution in [3.8, 4) is 5.75 Å². The summed E-state index contributed by atoms with van der Waals surface area (Å²) < 4.78 is 4.95. The van der Waals surface area contributed by atoms with Crippen molar-refractivity contribution in [3.63, 3.8) is 0 Å². The largest absolute Gasteiger partial charge is 0.427 e. The zero-order valence-electron chi connectivity index (χ0n) is 11.5. The maximum absolute atomic E-state index is 10.8. The lowest BCUT2D eigenvalue weighted by Gasteiger charge is -2.00. The average Bonchev–Trinajstić information content (AvgIpc) is 2.46. The molecule has 4 heteroatoms. The molecule has 0 unspecified atom stereocenters. The van der Waals surface area contributed by atoms with E-state index in [1.54, 1.807) is 24.3 Å². The first kappa shape index (κ1) is 13.9. The molecule has 0 saturated carbocycles. The molecule has 0 saturated heterocycles. The summed E-state index contributed by atoms with van der Waals surface area (Å²) in [5.41, 5.74) is 2.79. The van der Waals surface area contributed by atoms with E-state index in [-0.39, 0.29) is 5.97 Å². The summed E-state index contributed by atoms with van der Waals surface area (Å²) in [6.45, 7) is 3.48. The van der Waals surface area contributed by atoms with Crippen LogP contribution in [0.5, 0.6) is 5.75 Å². The van der Waals surface area contributed by atoms with Gasteiger partial charge in [-0.05, 0) is 48.4 Å². The molecule has 0 aliphatic rings. The molecule has 4 nitrogen and oxygen atoms in total. The summed E-state index contributed by atoms with van der Waals surface area (Å²) in [6.07, 6.45) is 1.01. The first-order valence-corrected chi connectivity index (χ1v) is 6.46. The van der Waals surface area contributed by atoms with E-state index in [1.165, 1.54) is 12.5 Å². The van der Waals surface area contributed by atoms with Gasteiger partial charge in [-0.25, -0.2) is 0 Å². The standard InChI is InChI=1S/C16H16N2O2/c1-3-13-4-6-14(7-5-13)17-18-15-8-10-16(11-9-15)20-12(2)19/h4-11H,3H2,1-2H3. The molecule has 102 valence electrons. The van der Waals surface area contributed by atoms with Crippen LogP contribution in [0.3, 0.4) is 0 Å². The molecule has 2 aromatic rings. The summed E-state index contributed by atoms with van der Waals surface area (Å²) in [6, 6.07) is 14.8. The number of carbonyl (C=O) groups is 1. The van der Waals surface area contributed by atoms with Gasteiger partial charge in [0.05, 0.1) is 11.4 Å². The molecule has 0 radical (unpaired) electrons. The highest BCUT2D eigenvalue weighted by atomic mass is 16.5. The minimum Gasteiger partial charge on any atom is -0.427 e. The molecule has 0 fully saturated rings. The van der Waals surface area contributed by atoms with E-state index < -0.39 is 0 Å². The van der Waals surface area contributed by atoms with Crippen molar-refractivity contribution in [3.05, 3.63) is 54.1 Å². The van der Waals surface area contributed by atoms with Gasteiger partial charge in [-0.3, -0.25) is 4.79 Å². The second kappa shape index (κ2) is 6.61. The van der Waals surface area contributed by atoms with Crippen molar-refractivity contribution in [1.82, 2.24) is 0 Å². The van der Waals surface area contributed by atoms with Crippen molar-refractivity contribution in [2.45, 2.75) is 20.3 Å². The zero-order valence-corrected chi connectivity index (χ0v) is 11.5. The molecule has 0 N–H and O–H groups in total. The van der Waals surface area contributed by atoms with Gasteiger partial charge in [-0.1, -0.05) is 19.1 Å². The van der Waals surface area contributed by atoms with Crippen LogP contribution in [0, 0.1) is 0 Å². The smallest absolute Gasteiger partial charge is 0.308 e. The highest BCUT2D eigenvalue weighted by molar-refractivity contribution is 5.69. The average molecular weight is 268 g/mol. The fourth-order valence-electron chi connectivity index (χ4n) is 1.66. The fourth-order valence-corrected chi connectivity index (χ4v) is 1.66. The number of ether oxygens (including phenoxy) is 1. The Hall–Kier alpha value is -2.49. The number of carbonyl (C=O) groups excluding carboxylic acids is 1. The second-order valence-electron chi connectivity index (χ2n) is 4.31. The first-order chi connectivity index (χ1) is 9.67. The number of rotatable bonds is 4. The van der Waals surface area contributed by atoms with Crippen molar-refractivity contribution < 1.29 is 9.53 Å². The van der Waals surface area contributed by atoms with Crippen molar-refractivity contribution in [1.29, 1.82) is 0 Å². The Morgan fingerprint density at radius 1 is 0.950 bits per heavy atom. The fraction of sp³-hybridized carbons (Fsp3) is 0.188. The van der Waals surface area contributed by atoms with Crippen LogP contribution < -0.4 is 4.74 Å². The molecule has 0 spiro atoms. The van der Waals surface area contributed by atoms with Gasteiger partial charge in [0.25, 0.3) is 0 Å². The van der Waals surface area contributed by atoms with Crippen LogP contribution in [0.1, 0.15) is 19.4 Å². The monoisotopic (exact) mass is 268 g/mol. The van der Waals surface area contributed by atoms with E-state index in [4.69, 9.17) is 4.74 Å². The quantitative estimate of drug-likeness (QED) is 0.462. The molecule has 0 aliphatic carbocycles. The molecular weight excluding hydrogens is 252 g/mol. The maximum Gasteiger partial charge on any atom is 0.308 e. The van der Waals surface area contributed by atoms with Crippen LogP contribution in [-0.4, -0.2) is 5.97 Å². The number of esters is 1. The SMILES string of the molecule is CCc1ccc(N=Nc2ccc(OC(C)=O)cc2)cc1. The third-order valence-electron chi connectivity index (χ3n) is 2.72. The number of hydrogen-bond acceptors (Lipinski definition) is 4. The van der Waals surface area contributed by atoms with Gasteiger partial charge in [0.2, 0.25) is 0 Å². The zero-order chi connectivity index (χ0) is 14.4. The molecule has 0 heterocycles. The lowest BCUT2D eigenvalue weighted by Crippen LogP contribution is -2.00. The summed E-state index contributed by atoms with van der Waals surface area (Å²) in [7, 11) is 0. The molecule has 0 aliphatic heterocycles. The summed E-state index contributed by atoms with van der Waals surface area (Å²) >= 11 is 0. The number of aryl methyl sites for hydroxylation is 1. The van der Waals surface area contributed by atoms with Gasteiger partial charge >= 0.3 is 5.97 Å². The topological polar surface area (TPSA) is 51.0 Å². The van der Waals surface area contributed by atoms with Gasteiger partial charge < -0.3 is 4.74 Å². The lowest BCUT2D eigenvalue weighted by molar-refractivity contribution is -0.131. The molecular formula is C16H16N2O2. The van der Waals surface area contributed by atoms with Gasteiger partial charge in [0.15, 0.2) is 0 Å². The van der Waals surface area contributed by atoms with E-state index in [1.807, 2.05) is 24.3 Å². The predicted octanol–water partition coefficient (Wildman–Crippen LogP) is 4.59. The number of benzene rings is 2. The molecule has 2 aromatic carbocycles. The predicted molar refractivity (Wildman–Crippen MR) is 77.7 cm³/mol. The Balaban J connectivity index is 2.04. The van der Waals surface area contributed by atoms with Crippen LogP contribution >= 0.6 is 0 Å². The molecule has 20 heavy (non-hydrogen) atoms. The molecule has 0 atom stereocenters. The minimum absolute atomic E-state index is 0.338. The molecule has 0 aromatic heterocycles. The van der Waals surface area contributed by atoms with Crippen molar-refractivity contribution in [2.75, 3.05) is 0 Å². The number of hydrogen-bond donors (Lipinski definition) is 0. The number of azo groups is 1. The third-order valence-corrected chi connectivity index (χ3v) is 2.72. The Bertz CT molecular complexity index is 601. The van der Waals surface area contributed by atoms with E-state index >= 15 is 0 Å². The summed E-state index contributed by atoms with van der Waals surface area (Å²) in [5.74, 6) is 0.166. The van der Waals surface area contributed by atoms with Crippen LogP contribution in [0.25, 0.3) is 0 Å². The van der Waals surface area contributed by atoms with E-state index in [0.29, 0.717) is 11.4 Å². The van der Waals surface area contributed by atoms with Gasteiger partial charge in [-0.2, -0.15) is 10.2 Å². The van der Waals surface area contributed by atoms with Gasteiger partial charge in [-0.15, -0.1) is 0 Å². The lowest BCUT2D eigenvalue weighted by atomic mass is 10.2. The second-order valence-corrected chi connectivity index (χ2v) is 4.31. The molecule has 0 amide bonds. The van der Waals surface area contributed by atoms with Gasteiger partial charge in [0, 0.05) is 6.92 Å². The van der Waals surface area contributed by atoms with E-state index in [9.17, 15) is 4.79 Å². The Kier molecular flexibility index (Phi) is 4.60. The third kappa shape index (κ3) is 4.02. The first-order valence-electron chi connectivity index (χ1n) is 6.46. The van der Waals surface area contributed by atoms with Crippen LogP contribution in [0.4, 0.5) is 11.4 Å². The Labute approximate surface area is 118 Å². The van der Waals surface area contributed by atoms with Crippen molar-refractivity contribution in [2.24, 2.45) is 10.2 Å². The van der Waals surface area contributed by atoms with Gasteiger partial charge in [0.1, 0.15) is 5.75 Å². The van der Waals surface area contributed by atoms with E-state index in [2.05, 4.69) is 17.2 Å². The summed E-state index contributed by atoms with van der Waals surface area (Å²) in [5, 5.41) is 8.30. The Morgan fingerprint density at radius 2 is 1.45 bits per heavy atom. The van der Waals surface area contributed by atoms with Crippen molar-refractivity contribution >= 4 is 17.3 Å². The normalized spacial score (nSPS) is 10.7. The van der Waals surface area contributed by atoms with Crippen LogP contribution in [0.2, 0.25) is 0 Å². The maximum atomic E-state index is 10.8. The number of nitrogens with zero attached hydrogens (tertiary/aromatic N) is 2. The highest BCUT2D eigenvalue weighted by Crippen LogP contribution is 2.21. The minimum atomic E-state index is -0.338. The van der Waals surface area contributed by atoms with Crippen LogP contribution in [0.15, 0.2) is 58.8 Å². The molecule has 2 rings (SSSR count). The Morgan fingerprint density at radius 3 is 1.90 bits per heavy atom. The molecule has 0 bridgehead atoms.